The largest absolute Gasteiger partial charge is 0.494 e. The van der Waals surface area contributed by atoms with Crippen LogP contribution in [0.5, 0.6) is 5.75 Å². The summed E-state index contributed by atoms with van der Waals surface area (Å²) in [5, 5.41) is 0. The van der Waals surface area contributed by atoms with Crippen LogP contribution in [0.25, 0.3) is 0 Å². The average Bonchev–Trinajstić information content (AvgIpc) is 2.84. The number of rotatable bonds is 6. The van der Waals surface area contributed by atoms with Crippen molar-refractivity contribution in [2.45, 2.75) is 43.8 Å². The summed E-state index contributed by atoms with van der Waals surface area (Å²) in [5.74, 6) is 0.581. The van der Waals surface area contributed by atoms with E-state index in [1.54, 1.807) is 24.3 Å². The number of amides is 1. The molecule has 1 amide bonds. The maximum atomic E-state index is 13.3. The summed E-state index contributed by atoms with van der Waals surface area (Å²) in [5.41, 5.74) is 1.07. The zero-order valence-corrected chi connectivity index (χ0v) is 20.0. The van der Waals surface area contributed by atoms with Gasteiger partial charge in [-0.25, -0.2) is 8.42 Å². The molecule has 0 aromatic heterocycles. The first-order valence-electron chi connectivity index (χ1n) is 11.6. The molecule has 2 atom stereocenters. The number of hydrogen-bond acceptors (Lipinski definition) is 5. The number of sulfonamides is 1. The molecular formula is C25H32N2O5S. The second kappa shape index (κ2) is 10.2. The Morgan fingerprint density at radius 1 is 1.03 bits per heavy atom. The Morgan fingerprint density at radius 2 is 1.70 bits per heavy atom. The highest BCUT2D eigenvalue weighted by molar-refractivity contribution is 7.89. The third kappa shape index (κ3) is 5.39. The molecule has 0 spiro atoms. The molecule has 8 heteroatoms. The molecule has 2 unspecified atom stereocenters. The van der Waals surface area contributed by atoms with Gasteiger partial charge in [0, 0.05) is 25.6 Å². The topological polar surface area (TPSA) is 76.2 Å². The van der Waals surface area contributed by atoms with Gasteiger partial charge in [-0.15, -0.1) is 0 Å². The van der Waals surface area contributed by atoms with Gasteiger partial charge in [-0.1, -0.05) is 30.3 Å². The van der Waals surface area contributed by atoms with Crippen molar-refractivity contribution < 1.29 is 22.7 Å². The van der Waals surface area contributed by atoms with E-state index in [2.05, 4.69) is 0 Å². The average molecular weight is 473 g/mol. The van der Waals surface area contributed by atoms with Crippen LogP contribution in [0.4, 0.5) is 0 Å². The van der Waals surface area contributed by atoms with E-state index in [-0.39, 0.29) is 28.9 Å². The third-order valence-corrected chi connectivity index (χ3v) is 8.23. The van der Waals surface area contributed by atoms with Crippen molar-refractivity contribution in [2.75, 3.05) is 32.8 Å². The Balaban J connectivity index is 1.37. The van der Waals surface area contributed by atoms with Crippen molar-refractivity contribution in [3.05, 3.63) is 60.2 Å². The number of nitrogens with zero attached hydrogens (tertiary/aromatic N) is 2. The van der Waals surface area contributed by atoms with Crippen LogP contribution in [-0.2, 0) is 19.6 Å². The summed E-state index contributed by atoms with van der Waals surface area (Å²) in [7, 11) is -3.59. The predicted octanol–water partition coefficient (Wildman–Crippen LogP) is 3.47. The minimum atomic E-state index is -3.59. The SMILES string of the molecule is CCOc1ccc(S(=O)(=O)N2CCC(C(=O)N3CC(C)OC(c4ccccc4)C3)CC2)cc1. The van der Waals surface area contributed by atoms with Crippen LogP contribution in [0.1, 0.15) is 38.4 Å². The van der Waals surface area contributed by atoms with Crippen molar-refractivity contribution in [3.63, 3.8) is 0 Å². The summed E-state index contributed by atoms with van der Waals surface area (Å²) < 4.78 is 39.1. The molecular weight excluding hydrogens is 440 g/mol. The van der Waals surface area contributed by atoms with Gasteiger partial charge in [0.15, 0.2) is 0 Å². The molecule has 2 aromatic carbocycles. The summed E-state index contributed by atoms with van der Waals surface area (Å²) in [4.78, 5) is 15.4. The normalized spacial score (nSPS) is 22.8. The quantitative estimate of drug-likeness (QED) is 0.644. The highest BCUT2D eigenvalue weighted by Crippen LogP contribution is 2.30. The van der Waals surface area contributed by atoms with E-state index in [0.29, 0.717) is 51.4 Å². The van der Waals surface area contributed by atoms with Crippen molar-refractivity contribution in [1.82, 2.24) is 9.21 Å². The van der Waals surface area contributed by atoms with Crippen LogP contribution in [0, 0.1) is 5.92 Å². The van der Waals surface area contributed by atoms with E-state index in [1.807, 2.05) is 49.1 Å². The molecule has 2 heterocycles. The van der Waals surface area contributed by atoms with E-state index in [9.17, 15) is 13.2 Å². The monoisotopic (exact) mass is 472 g/mol. The first-order chi connectivity index (χ1) is 15.9. The second-order valence-electron chi connectivity index (χ2n) is 8.67. The number of benzene rings is 2. The standard InChI is InChI=1S/C25H32N2O5S/c1-3-31-22-9-11-23(12-10-22)33(29,30)27-15-13-21(14-16-27)25(28)26-17-19(2)32-24(18-26)20-7-5-4-6-8-20/h4-12,19,21,24H,3,13-18H2,1-2H3. The molecule has 0 N–H and O–H groups in total. The smallest absolute Gasteiger partial charge is 0.243 e. The highest BCUT2D eigenvalue weighted by Gasteiger charge is 2.36. The van der Waals surface area contributed by atoms with Gasteiger partial charge in [0.2, 0.25) is 15.9 Å². The molecule has 4 rings (SSSR count). The maximum Gasteiger partial charge on any atom is 0.243 e. The summed E-state index contributed by atoms with van der Waals surface area (Å²) in [6.45, 7) is 6.17. The van der Waals surface area contributed by atoms with E-state index < -0.39 is 10.0 Å². The fourth-order valence-electron chi connectivity index (χ4n) is 4.61. The molecule has 2 aromatic rings. The minimum absolute atomic E-state index is 0.0481. The summed E-state index contributed by atoms with van der Waals surface area (Å²) in [6, 6.07) is 16.5. The highest BCUT2D eigenvalue weighted by atomic mass is 32.2. The molecule has 0 saturated carbocycles. The van der Waals surface area contributed by atoms with E-state index in [1.165, 1.54) is 4.31 Å². The fraction of sp³-hybridized carbons (Fsp3) is 0.480. The number of carbonyl (C=O) groups excluding carboxylic acids is 1. The van der Waals surface area contributed by atoms with Crippen LogP contribution in [0.15, 0.2) is 59.5 Å². The maximum absolute atomic E-state index is 13.3. The van der Waals surface area contributed by atoms with Gasteiger partial charge < -0.3 is 14.4 Å². The van der Waals surface area contributed by atoms with Crippen molar-refractivity contribution in [1.29, 1.82) is 0 Å². The molecule has 2 aliphatic rings. The van der Waals surface area contributed by atoms with E-state index >= 15 is 0 Å². The molecule has 178 valence electrons. The number of ether oxygens (including phenoxy) is 2. The Hall–Kier alpha value is -2.42. The lowest BCUT2D eigenvalue weighted by Gasteiger charge is -2.40. The Bertz CT molecular complexity index is 1030. The molecule has 2 saturated heterocycles. The fourth-order valence-corrected chi connectivity index (χ4v) is 6.08. The van der Waals surface area contributed by atoms with E-state index in [0.717, 1.165) is 5.56 Å². The van der Waals surface area contributed by atoms with Crippen molar-refractivity contribution in [3.8, 4) is 5.75 Å². The number of hydrogen-bond donors (Lipinski definition) is 0. The van der Waals surface area contributed by atoms with Gasteiger partial charge in [0.05, 0.1) is 24.2 Å². The summed E-state index contributed by atoms with van der Waals surface area (Å²) >= 11 is 0. The van der Waals surface area contributed by atoms with Gasteiger partial charge in [0.1, 0.15) is 11.9 Å². The molecule has 7 nitrogen and oxygen atoms in total. The van der Waals surface area contributed by atoms with Crippen LogP contribution in [-0.4, -0.2) is 62.4 Å². The molecule has 0 aliphatic carbocycles. The molecule has 33 heavy (non-hydrogen) atoms. The number of carbonyl (C=O) groups is 1. The van der Waals surface area contributed by atoms with Crippen LogP contribution in [0.3, 0.4) is 0 Å². The Labute approximate surface area is 196 Å². The first kappa shape index (κ1) is 23.7. The summed E-state index contributed by atoms with van der Waals surface area (Å²) in [6.07, 6.45) is 0.861. The van der Waals surface area contributed by atoms with Gasteiger partial charge in [-0.3, -0.25) is 4.79 Å². The van der Waals surface area contributed by atoms with Gasteiger partial charge in [-0.2, -0.15) is 4.31 Å². The van der Waals surface area contributed by atoms with Crippen molar-refractivity contribution in [2.24, 2.45) is 5.92 Å². The Morgan fingerprint density at radius 3 is 2.33 bits per heavy atom. The third-order valence-electron chi connectivity index (χ3n) is 6.32. The second-order valence-corrected chi connectivity index (χ2v) is 10.6. The zero-order chi connectivity index (χ0) is 23.4. The Kier molecular flexibility index (Phi) is 7.36. The first-order valence-corrected chi connectivity index (χ1v) is 13.0. The van der Waals surface area contributed by atoms with Crippen LogP contribution in [0.2, 0.25) is 0 Å². The lowest BCUT2D eigenvalue weighted by molar-refractivity contribution is -0.150. The lowest BCUT2D eigenvalue weighted by atomic mass is 9.95. The van der Waals surface area contributed by atoms with Gasteiger partial charge >= 0.3 is 0 Å². The van der Waals surface area contributed by atoms with Crippen molar-refractivity contribution >= 4 is 15.9 Å². The lowest BCUT2D eigenvalue weighted by Crippen LogP contribution is -2.50. The number of piperidine rings is 1. The van der Waals surface area contributed by atoms with Gasteiger partial charge in [-0.05, 0) is 56.5 Å². The van der Waals surface area contributed by atoms with Gasteiger partial charge in [0.25, 0.3) is 0 Å². The predicted molar refractivity (Wildman–Crippen MR) is 125 cm³/mol. The minimum Gasteiger partial charge on any atom is -0.494 e. The molecule has 2 fully saturated rings. The zero-order valence-electron chi connectivity index (χ0n) is 19.2. The van der Waals surface area contributed by atoms with Crippen LogP contribution < -0.4 is 4.74 Å². The molecule has 2 aliphatic heterocycles. The molecule has 0 bridgehead atoms. The molecule has 0 radical (unpaired) electrons. The number of morpholine rings is 1. The van der Waals surface area contributed by atoms with E-state index in [4.69, 9.17) is 9.47 Å². The van der Waals surface area contributed by atoms with Crippen LogP contribution >= 0.6 is 0 Å².